The monoisotopic (exact) mass is 214 g/mol. The summed E-state index contributed by atoms with van der Waals surface area (Å²) in [4.78, 5) is 0. The number of hydrogen-bond donors (Lipinski definition) is 0. The molecule has 0 N–H and O–H groups in total. The lowest BCUT2D eigenvalue weighted by Crippen LogP contribution is -2.41. The van der Waals surface area contributed by atoms with Gasteiger partial charge in [-0.05, 0) is 10.8 Å². The Morgan fingerprint density at radius 3 is 1.06 bits per heavy atom. The van der Waals surface area contributed by atoms with Crippen LogP contribution in [0.25, 0.3) is 0 Å². The fourth-order valence-corrected chi connectivity index (χ4v) is 2.69. The van der Waals surface area contributed by atoms with Gasteiger partial charge in [0, 0.05) is 11.8 Å². The van der Waals surface area contributed by atoms with Crippen molar-refractivity contribution in [2.75, 3.05) is 0 Å². The first kappa shape index (κ1) is 11.4. The second-order valence-electron chi connectivity index (χ2n) is 6.03. The molecule has 0 spiro atoms. The third-order valence-corrected chi connectivity index (χ3v) is 4.82. The number of rotatable bonds is 3. The third-order valence-electron chi connectivity index (χ3n) is 4.82. The Hall–Kier alpha value is -1.04. The minimum Gasteiger partial charge on any atom is -0.0771 e. The van der Waals surface area contributed by atoms with E-state index in [0.717, 1.165) is 0 Å². The van der Waals surface area contributed by atoms with E-state index in [4.69, 9.17) is 0 Å². The standard InChI is InChI=1S/C16H22/c1-15(2,13-9-5-6-10-13)16(3,4)14-11-7-8-12-14/h5-14H,1-4H3. The maximum absolute atomic E-state index is 2.39. The lowest BCUT2D eigenvalue weighted by Gasteiger charge is -2.47. The van der Waals surface area contributed by atoms with Gasteiger partial charge in [-0.3, -0.25) is 0 Å². The summed E-state index contributed by atoms with van der Waals surface area (Å²) in [6.45, 7) is 9.55. The molecule has 2 aliphatic carbocycles. The average molecular weight is 214 g/mol. The van der Waals surface area contributed by atoms with E-state index in [2.05, 4.69) is 76.3 Å². The van der Waals surface area contributed by atoms with Crippen molar-refractivity contribution >= 4 is 0 Å². The zero-order chi connectivity index (χ0) is 11.8. The highest BCUT2D eigenvalue weighted by Gasteiger charge is 2.45. The highest BCUT2D eigenvalue weighted by Crippen LogP contribution is 2.52. The van der Waals surface area contributed by atoms with Crippen LogP contribution in [0.2, 0.25) is 0 Å². The van der Waals surface area contributed by atoms with Crippen LogP contribution in [-0.2, 0) is 0 Å². The van der Waals surface area contributed by atoms with E-state index in [-0.39, 0.29) is 10.8 Å². The molecule has 0 bridgehead atoms. The van der Waals surface area contributed by atoms with E-state index in [9.17, 15) is 0 Å². The summed E-state index contributed by atoms with van der Waals surface area (Å²) in [6.07, 6.45) is 18.0. The highest BCUT2D eigenvalue weighted by molar-refractivity contribution is 5.26. The van der Waals surface area contributed by atoms with Gasteiger partial charge in [0.1, 0.15) is 0 Å². The molecule has 0 heterocycles. The Labute approximate surface area is 99.4 Å². The number of hydrogen-bond acceptors (Lipinski definition) is 0. The molecular weight excluding hydrogens is 192 g/mol. The van der Waals surface area contributed by atoms with Crippen molar-refractivity contribution in [1.29, 1.82) is 0 Å². The Morgan fingerprint density at radius 1 is 0.562 bits per heavy atom. The zero-order valence-corrected chi connectivity index (χ0v) is 10.8. The second-order valence-corrected chi connectivity index (χ2v) is 6.03. The normalized spacial score (nSPS) is 21.5. The van der Waals surface area contributed by atoms with Crippen LogP contribution < -0.4 is 0 Å². The van der Waals surface area contributed by atoms with Gasteiger partial charge in [-0.25, -0.2) is 0 Å². The summed E-state index contributed by atoms with van der Waals surface area (Å²) >= 11 is 0. The topological polar surface area (TPSA) is 0 Å². The fourth-order valence-electron chi connectivity index (χ4n) is 2.69. The molecule has 0 nitrogen and oxygen atoms in total. The molecule has 0 radical (unpaired) electrons. The Bertz CT molecular complexity index is 313. The first-order chi connectivity index (χ1) is 7.46. The van der Waals surface area contributed by atoms with Crippen LogP contribution in [0.4, 0.5) is 0 Å². The largest absolute Gasteiger partial charge is 0.0771 e. The molecule has 2 rings (SSSR count). The summed E-state index contributed by atoms with van der Waals surface area (Å²) in [5, 5.41) is 0. The Balaban J connectivity index is 2.27. The fraction of sp³-hybridized carbons (Fsp3) is 0.500. The molecule has 16 heavy (non-hydrogen) atoms. The van der Waals surface area contributed by atoms with Crippen molar-refractivity contribution in [3.8, 4) is 0 Å². The smallest absolute Gasteiger partial charge is 0.000942 e. The highest BCUT2D eigenvalue weighted by atomic mass is 14.5. The second kappa shape index (κ2) is 3.76. The van der Waals surface area contributed by atoms with Gasteiger partial charge in [0.15, 0.2) is 0 Å². The van der Waals surface area contributed by atoms with Gasteiger partial charge in [0.2, 0.25) is 0 Å². The van der Waals surface area contributed by atoms with E-state index < -0.39 is 0 Å². The lowest BCUT2D eigenvalue weighted by molar-refractivity contribution is 0.0560. The van der Waals surface area contributed by atoms with Gasteiger partial charge in [0.25, 0.3) is 0 Å². The Kier molecular flexibility index (Phi) is 2.69. The Morgan fingerprint density at radius 2 is 0.812 bits per heavy atom. The van der Waals surface area contributed by atoms with Gasteiger partial charge in [-0.2, -0.15) is 0 Å². The molecule has 2 aliphatic rings. The van der Waals surface area contributed by atoms with Crippen molar-refractivity contribution in [3.63, 3.8) is 0 Å². The van der Waals surface area contributed by atoms with Crippen molar-refractivity contribution in [2.45, 2.75) is 27.7 Å². The quantitative estimate of drug-likeness (QED) is 0.648. The minimum atomic E-state index is 0.264. The molecule has 0 heteroatoms. The molecule has 0 aromatic heterocycles. The predicted molar refractivity (Wildman–Crippen MR) is 71.1 cm³/mol. The molecule has 0 saturated carbocycles. The summed E-state index contributed by atoms with van der Waals surface area (Å²) in [5.74, 6) is 1.12. The molecule has 0 aliphatic heterocycles. The third kappa shape index (κ3) is 1.61. The zero-order valence-electron chi connectivity index (χ0n) is 10.8. The molecule has 0 aromatic carbocycles. The van der Waals surface area contributed by atoms with Crippen LogP contribution in [0.1, 0.15) is 27.7 Å². The molecule has 0 saturated heterocycles. The predicted octanol–water partition coefficient (Wildman–Crippen LogP) is 4.52. The van der Waals surface area contributed by atoms with E-state index in [1.54, 1.807) is 0 Å². The van der Waals surface area contributed by atoms with Crippen LogP contribution in [0.3, 0.4) is 0 Å². The number of allylic oxidation sites excluding steroid dienone is 8. The SMILES string of the molecule is CC(C)(C1C=CC=C1)C(C)(C)C1C=CC=C1. The maximum Gasteiger partial charge on any atom is 0.000942 e. The first-order valence-corrected chi connectivity index (χ1v) is 6.16. The van der Waals surface area contributed by atoms with Crippen LogP contribution >= 0.6 is 0 Å². The molecule has 0 aromatic rings. The van der Waals surface area contributed by atoms with Crippen molar-refractivity contribution in [3.05, 3.63) is 48.6 Å². The van der Waals surface area contributed by atoms with Gasteiger partial charge < -0.3 is 0 Å². The average Bonchev–Trinajstić information content (AvgIpc) is 2.91. The van der Waals surface area contributed by atoms with E-state index in [0.29, 0.717) is 11.8 Å². The van der Waals surface area contributed by atoms with Crippen molar-refractivity contribution in [1.82, 2.24) is 0 Å². The molecular formula is C16H22. The van der Waals surface area contributed by atoms with Crippen molar-refractivity contribution in [2.24, 2.45) is 22.7 Å². The van der Waals surface area contributed by atoms with E-state index in [1.807, 2.05) is 0 Å². The molecule has 0 atom stereocenters. The summed E-state index contributed by atoms with van der Waals surface area (Å²) in [6, 6.07) is 0. The summed E-state index contributed by atoms with van der Waals surface area (Å²) in [7, 11) is 0. The summed E-state index contributed by atoms with van der Waals surface area (Å²) in [5.41, 5.74) is 0.528. The van der Waals surface area contributed by atoms with E-state index >= 15 is 0 Å². The first-order valence-electron chi connectivity index (χ1n) is 6.16. The van der Waals surface area contributed by atoms with E-state index in [1.165, 1.54) is 0 Å². The molecule has 0 amide bonds. The van der Waals surface area contributed by atoms with Gasteiger partial charge in [0.05, 0.1) is 0 Å². The molecule has 0 unspecified atom stereocenters. The lowest BCUT2D eigenvalue weighted by atomic mass is 9.56. The van der Waals surface area contributed by atoms with Gasteiger partial charge in [-0.1, -0.05) is 76.3 Å². The van der Waals surface area contributed by atoms with Crippen LogP contribution in [0, 0.1) is 22.7 Å². The molecule has 0 fully saturated rings. The van der Waals surface area contributed by atoms with Crippen LogP contribution in [-0.4, -0.2) is 0 Å². The molecule has 86 valence electrons. The van der Waals surface area contributed by atoms with Crippen LogP contribution in [0.5, 0.6) is 0 Å². The maximum atomic E-state index is 2.39. The summed E-state index contributed by atoms with van der Waals surface area (Å²) < 4.78 is 0. The van der Waals surface area contributed by atoms with Gasteiger partial charge >= 0.3 is 0 Å². The van der Waals surface area contributed by atoms with Crippen LogP contribution in [0.15, 0.2) is 48.6 Å². The van der Waals surface area contributed by atoms with Crippen molar-refractivity contribution < 1.29 is 0 Å². The van der Waals surface area contributed by atoms with Gasteiger partial charge in [-0.15, -0.1) is 0 Å². The minimum absolute atomic E-state index is 0.264.